The third-order valence-electron chi connectivity index (χ3n) is 3.72. The van der Waals surface area contributed by atoms with Crippen molar-refractivity contribution in [3.8, 4) is 0 Å². The number of rotatable bonds is 7. The summed E-state index contributed by atoms with van der Waals surface area (Å²) in [4.78, 5) is 34.1. The summed E-state index contributed by atoms with van der Waals surface area (Å²) in [6.45, 7) is 3.26. The van der Waals surface area contributed by atoms with Crippen LogP contribution in [0.15, 0.2) is 30.6 Å². The summed E-state index contributed by atoms with van der Waals surface area (Å²) >= 11 is 0. The zero-order valence-electron chi connectivity index (χ0n) is 14.4. The molecule has 2 aromatic rings. The molecule has 1 amide bonds. The first kappa shape index (κ1) is 19.1. The zero-order valence-corrected chi connectivity index (χ0v) is 14.4. The first-order valence-electron chi connectivity index (χ1n) is 7.52. The Balaban J connectivity index is 2.29. The summed E-state index contributed by atoms with van der Waals surface area (Å²) in [7, 11) is 1.47. The first-order chi connectivity index (χ1) is 12.1. The van der Waals surface area contributed by atoms with Crippen molar-refractivity contribution in [2.45, 2.75) is 26.0 Å². The van der Waals surface area contributed by atoms with Gasteiger partial charge < -0.3 is 15.2 Å². The number of amides is 1. The van der Waals surface area contributed by atoms with E-state index in [4.69, 9.17) is 4.74 Å². The van der Waals surface area contributed by atoms with Gasteiger partial charge in [-0.05, 0) is 37.6 Å². The van der Waals surface area contributed by atoms with Gasteiger partial charge in [0, 0.05) is 12.8 Å². The maximum atomic E-state index is 12.6. The van der Waals surface area contributed by atoms with Gasteiger partial charge in [0.2, 0.25) is 0 Å². The Morgan fingerprint density at radius 3 is 2.62 bits per heavy atom. The number of hydrogen-bond donors (Lipinski definition) is 2. The van der Waals surface area contributed by atoms with Crippen molar-refractivity contribution in [3.05, 3.63) is 51.8 Å². The molecule has 2 N–H and O–H groups in total. The molecule has 1 heterocycles. The van der Waals surface area contributed by atoms with Crippen LogP contribution in [-0.2, 0) is 21.7 Å². The molecule has 2 rings (SSSR count). The van der Waals surface area contributed by atoms with Gasteiger partial charge in [0.15, 0.2) is 0 Å². The Bertz CT molecular complexity index is 858. The lowest BCUT2D eigenvalue weighted by Crippen LogP contribution is -2.40. The summed E-state index contributed by atoms with van der Waals surface area (Å²) in [6, 6.07) is 4.36. The van der Waals surface area contributed by atoms with Gasteiger partial charge in [-0.25, -0.2) is 4.79 Å². The maximum absolute atomic E-state index is 12.6. The average Bonchev–Trinajstić information content (AvgIpc) is 3.05. The van der Waals surface area contributed by atoms with Crippen LogP contribution in [0.1, 0.15) is 29.8 Å². The number of ether oxygens (including phenoxy) is 1. The highest BCUT2D eigenvalue weighted by Crippen LogP contribution is 2.22. The van der Waals surface area contributed by atoms with Gasteiger partial charge in [0.05, 0.1) is 17.1 Å². The second kappa shape index (κ2) is 7.31. The number of aromatic carboxylic acids is 1. The third-order valence-corrected chi connectivity index (χ3v) is 3.72. The van der Waals surface area contributed by atoms with E-state index in [9.17, 15) is 24.8 Å². The average molecular weight is 362 g/mol. The molecule has 10 nitrogen and oxygen atoms in total. The minimum Gasteiger partial charge on any atom is -0.478 e. The van der Waals surface area contributed by atoms with Crippen LogP contribution in [0.3, 0.4) is 0 Å². The molecule has 0 spiro atoms. The van der Waals surface area contributed by atoms with E-state index >= 15 is 0 Å². The summed E-state index contributed by atoms with van der Waals surface area (Å²) < 4.78 is 6.18. The fourth-order valence-corrected chi connectivity index (χ4v) is 2.24. The second-order valence-corrected chi connectivity index (χ2v) is 6.07. The molecule has 1 aromatic carbocycles. The number of carboxylic acid groups (broad SMARTS) is 1. The Hall–Kier alpha value is -3.27. The minimum atomic E-state index is -1.24. The van der Waals surface area contributed by atoms with Gasteiger partial charge in [-0.2, -0.15) is 5.10 Å². The molecule has 0 fully saturated rings. The third kappa shape index (κ3) is 4.03. The highest BCUT2D eigenvalue weighted by atomic mass is 16.6. The van der Waals surface area contributed by atoms with E-state index in [0.29, 0.717) is 5.56 Å². The molecule has 0 saturated carbocycles. The van der Waals surface area contributed by atoms with Gasteiger partial charge in [0.1, 0.15) is 17.9 Å². The number of methoxy groups -OCH3 is 1. The van der Waals surface area contributed by atoms with Gasteiger partial charge in [0.25, 0.3) is 5.91 Å². The van der Waals surface area contributed by atoms with Crippen molar-refractivity contribution < 1.29 is 24.4 Å². The molecule has 0 aliphatic heterocycles. The van der Waals surface area contributed by atoms with Gasteiger partial charge in [-0.3, -0.25) is 19.6 Å². The number of anilines is 1. The monoisotopic (exact) mass is 362 g/mol. The normalized spacial score (nSPS) is 11.2. The Morgan fingerprint density at radius 1 is 1.38 bits per heavy atom. The van der Waals surface area contributed by atoms with E-state index in [1.54, 1.807) is 6.07 Å². The van der Waals surface area contributed by atoms with E-state index in [1.165, 1.54) is 37.8 Å². The van der Waals surface area contributed by atoms with E-state index in [1.807, 2.05) is 0 Å². The second-order valence-electron chi connectivity index (χ2n) is 6.07. The van der Waals surface area contributed by atoms with E-state index < -0.39 is 22.3 Å². The van der Waals surface area contributed by atoms with E-state index in [0.717, 1.165) is 12.4 Å². The number of carbonyl (C=O) groups excluding carboxylic acids is 1. The van der Waals surface area contributed by atoms with Gasteiger partial charge >= 0.3 is 11.7 Å². The summed E-state index contributed by atoms with van der Waals surface area (Å²) in [5, 5.41) is 26.5. The number of nitrogens with zero attached hydrogens (tertiary/aromatic N) is 3. The topological polar surface area (TPSA) is 137 Å². The molecule has 1 aromatic heterocycles. The molecule has 0 saturated heterocycles. The van der Waals surface area contributed by atoms with Crippen molar-refractivity contribution >= 4 is 23.3 Å². The quantitative estimate of drug-likeness (QED) is 0.568. The lowest BCUT2D eigenvalue weighted by Gasteiger charge is -2.24. The molecule has 0 bridgehead atoms. The molecular weight excluding hydrogens is 344 g/mol. The summed E-state index contributed by atoms with van der Waals surface area (Å²) in [5.41, 5.74) is -0.620. The van der Waals surface area contributed by atoms with Crippen LogP contribution < -0.4 is 5.32 Å². The number of carboxylic acids is 1. The molecule has 0 atom stereocenters. The summed E-state index contributed by atoms with van der Waals surface area (Å²) in [5.74, 6) is -1.65. The zero-order chi connectivity index (χ0) is 19.5. The predicted octanol–water partition coefficient (Wildman–Crippen LogP) is 2.01. The smallest absolute Gasteiger partial charge is 0.335 e. The lowest BCUT2D eigenvalue weighted by molar-refractivity contribution is -0.385. The standard InChI is InChI=1S/C16H18N4O6/c1-16(2,19-8-13(7-17-19)20(24)25)15(23)18-12-5-10(9-26-3)4-11(6-12)14(21)22/h4-8H,9H2,1-3H3,(H,18,23)(H,21,22). The Morgan fingerprint density at radius 2 is 2.08 bits per heavy atom. The number of hydrogen-bond acceptors (Lipinski definition) is 6. The fraction of sp³-hybridized carbons (Fsp3) is 0.312. The van der Waals surface area contributed by atoms with Gasteiger partial charge in [-0.15, -0.1) is 0 Å². The maximum Gasteiger partial charge on any atom is 0.335 e. The number of nitrogens with one attached hydrogen (secondary N) is 1. The fourth-order valence-electron chi connectivity index (χ4n) is 2.24. The molecule has 26 heavy (non-hydrogen) atoms. The van der Waals surface area contributed by atoms with Crippen LogP contribution in [-0.4, -0.2) is 38.8 Å². The SMILES string of the molecule is COCc1cc(NC(=O)C(C)(C)n2cc([N+](=O)[O-])cn2)cc(C(=O)O)c1. The number of carbonyl (C=O) groups is 2. The van der Waals surface area contributed by atoms with Crippen LogP contribution in [0, 0.1) is 10.1 Å². The van der Waals surface area contributed by atoms with Crippen LogP contribution in [0.25, 0.3) is 0 Å². The molecule has 138 valence electrons. The van der Waals surface area contributed by atoms with Crippen molar-refractivity contribution in [2.75, 3.05) is 12.4 Å². The molecule has 10 heteroatoms. The Kier molecular flexibility index (Phi) is 5.36. The van der Waals surface area contributed by atoms with Crippen LogP contribution >= 0.6 is 0 Å². The Labute approximate surface area is 148 Å². The van der Waals surface area contributed by atoms with E-state index in [-0.39, 0.29) is 23.5 Å². The highest BCUT2D eigenvalue weighted by molar-refractivity contribution is 5.97. The first-order valence-corrected chi connectivity index (χ1v) is 7.52. The molecule has 0 aliphatic rings. The lowest BCUT2D eigenvalue weighted by atomic mass is 10.0. The molecule has 0 unspecified atom stereocenters. The largest absolute Gasteiger partial charge is 0.478 e. The van der Waals surface area contributed by atoms with Crippen LogP contribution in [0.5, 0.6) is 0 Å². The van der Waals surface area contributed by atoms with Gasteiger partial charge in [-0.1, -0.05) is 0 Å². The van der Waals surface area contributed by atoms with Crippen molar-refractivity contribution in [2.24, 2.45) is 0 Å². The van der Waals surface area contributed by atoms with E-state index in [2.05, 4.69) is 10.4 Å². The molecule has 0 aliphatic carbocycles. The van der Waals surface area contributed by atoms with Crippen molar-refractivity contribution in [3.63, 3.8) is 0 Å². The van der Waals surface area contributed by atoms with Crippen LogP contribution in [0.4, 0.5) is 11.4 Å². The van der Waals surface area contributed by atoms with Crippen LogP contribution in [0.2, 0.25) is 0 Å². The highest BCUT2D eigenvalue weighted by Gasteiger charge is 2.32. The molecular formula is C16H18N4O6. The number of benzene rings is 1. The number of nitro groups is 1. The minimum absolute atomic E-state index is 0.00221. The molecule has 0 radical (unpaired) electrons. The summed E-state index contributed by atoms with van der Waals surface area (Å²) in [6.07, 6.45) is 2.21. The predicted molar refractivity (Wildman–Crippen MR) is 90.9 cm³/mol. The number of aromatic nitrogens is 2. The van der Waals surface area contributed by atoms with Crippen molar-refractivity contribution in [1.82, 2.24) is 9.78 Å². The van der Waals surface area contributed by atoms with Crippen molar-refractivity contribution in [1.29, 1.82) is 0 Å².